The van der Waals surface area contributed by atoms with Crippen molar-refractivity contribution in [2.45, 2.75) is 51.2 Å². The van der Waals surface area contributed by atoms with E-state index in [1.165, 1.54) is 4.88 Å². The number of alkyl halides is 3. The van der Waals surface area contributed by atoms with Gasteiger partial charge in [-0.05, 0) is 66.6 Å². The Morgan fingerprint density at radius 1 is 1.33 bits per heavy atom. The van der Waals surface area contributed by atoms with E-state index in [1.54, 1.807) is 11.3 Å². The molecule has 1 aliphatic rings. The molecule has 1 aliphatic carbocycles. The van der Waals surface area contributed by atoms with Gasteiger partial charge in [0.2, 0.25) is 0 Å². The summed E-state index contributed by atoms with van der Waals surface area (Å²) < 4.78 is 39.3. The number of likely N-dealkylation sites (N-methyl/N-ethyl adjacent to an activating group) is 1. The zero-order chi connectivity index (χ0) is 15.5. The second-order valence-electron chi connectivity index (χ2n) is 5.75. The Balaban J connectivity index is 1.93. The Morgan fingerprint density at radius 2 is 2.00 bits per heavy atom. The molecular formula is C15H21BrF3NS. The van der Waals surface area contributed by atoms with Gasteiger partial charge in [-0.15, -0.1) is 11.3 Å². The first kappa shape index (κ1) is 17.3. The van der Waals surface area contributed by atoms with Crippen molar-refractivity contribution >= 4 is 27.3 Å². The Labute approximate surface area is 136 Å². The van der Waals surface area contributed by atoms with Gasteiger partial charge in [-0.2, -0.15) is 13.2 Å². The summed E-state index contributed by atoms with van der Waals surface area (Å²) in [5.41, 5.74) is 0. The summed E-state index contributed by atoms with van der Waals surface area (Å²) in [6.45, 7) is 2.91. The Morgan fingerprint density at radius 3 is 2.48 bits per heavy atom. The van der Waals surface area contributed by atoms with Crippen molar-refractivity contribution in [2.75, 3.05) is 6.54 Å². The summed E-state index contributed by atoms with van der Waals surface area (Å²) in [6, 6.07) is 2.39. The van der Waals surface area contributed by atoms with Crippen LogP contribution in [0, 0.1) is 11.8 Å². The monoisotopic (exact) mass is 383 g/mol. The van der Waals surface area contributed by atoms with Crippen LogP contribution >= 0.6 is 27.3 Å². The molecule has 21 heavy (non-hydrogen) atoms. The highest BCUT2D eigenvalue weighted by molar-refractivity contribution is 9.10. The zero-order valence-electron chi connectivity index (χ0n) is 12.0. The lowest BCUT2D eigenvalue weighted by Crippen LogP contribution is -2.41. The van der Waals surface area contributed by atoms with Gasteiger partial charge in [-0.3, -0.25) is 0 Å². The molecule has 1 fully saturated rings. The predicted molar refractivity (Wildman–Crippen MR) is 84.7 cm³/mol. The van der Waals surface area contributed by atoms with Crippen molar-refractivity contribution in [2.24, 2.45) is 11.8 Å². The maximum atomic E-state index is 12.7. The van der Waals surface area contributed by atoms with Gasteiger partial charge < -0.3 is 5.32 Å². The molecule has 2 rings (SSSR count). The van der Waals surface area contributed by atoms with E-state index < -0.39 is 12.1 Å². The molecule has 1 aromatic heterocycles. The molecule has 0 spiro atoms. The van der Waals surface area contributed by atoms with E-state index in [2.05, 4.69) is 39.6 Å². The van der Waals surface area contributed by atoms with Gasteiger partial charge in [-0.1, -0.05) is 6.92 Å². The molecule has 0 amide bonds. The molecule has 0 saturated heterocycles. The van der Waals surface area contributed by atoms with Gasteiger partial charge in [0.25, 0.3) is 0 Å². The quantitative estimate of drug-likeness (QED) is 0.717. The summed E-state index contributed by atoms with van der Waals surface area (Å²) >= 11 is 5.16. The Bertz CT molecular complexity index is 438. The van der Waals surface area contributed by atoms with Crippen molar-refractivity contribution in [3.63, 3.8) is 0 Å². The molecule has 0 radical (unpaired) electrons. The Hall–Kier alpha value is -0.0700. The van der Waals surface area contributed by atoms with Crippen molar-refractivity contribution in [3.8, 4) is 0 Å². The van der Waals surface area contributed by atoms with E-state index in [4.69, 9.17) is 0 Å². The maximum absolute atomic E-state index is 12.7. The minimum absolute atomic E-state index is 0.282. The molecule has 1 nitrogen and oxygen atoms in total. The summed E-state index contributed by atoms with van der Waals surface area (Å²) in [6.07, 6.45) is -1.19. The second kappa shape index (κ2) is 7.47. The highest BCUT2D eigenvalue weighted by atomic mass is 79.9. The number of rotatable bonds is 5. The summed E-state index contributed by atoms with van der Waals surface area (Å²) in [7, 11) is 0. The maximum Gasteiger partial charge on any atom is 0.391 e. The number of halogens is 4. The van der Waals surface area contributed by atoms with Crippen molar-refractivity contribution in [1.29, 1.82) is 0 Å². The van der Waals surface area contributed by atoms with Crippen LogP contribution in [0.4, 0.5) is 13.2 Å². The van der Waals surface area contributed by atoms with Crippen LogP contribution in [0.25, 0.3) is 0 Å². The molecule has 0 bridgehead atoms. The molecular weight excluding hydrogens is 363 g/mol. The predicted octanol–water partition coefficient (Wildman–Crippen LogP) is 5.40. The van der Waals surface area contributed by atoms with E-state index >= 15 is 0 Å². The van der Waals surface area contributed by atoms with E-state index in [-0.39, 0.29) is 18.9 Å². The molecule has 0 aromatic carbocycles. The first-order valence-electron chi connectivity index (χ1n) is 7.43. The van der Waals surface area contributed by atoms with Gasteiger partial charge in [-0.25, -0.2) is 0 Å². The van der Waals surface area contributed by atoms with Crippen LogP contribution in [0.2, 0.25) is 0 Å². The lowest BCUT2D eigenvalue weighted by molar-refractivity contribution is -0.184. The minimum atomic E-state index is -4.02. The number of hydrogen-bond acceptors (Lipinski definition) is 2. The van der Waals surface area contributed by atoms with Gasteiger partial charge in [0.05, 0.1) is 5.92 Å². The fraction of sp³-hybridized carbons (Fsp3) is 0.733. The first-order valence-corrected chi connectivity index (χ1v) is 9.10. The van der Waals surface area contributed by atoms with Crippen LogP contribution in [0.5, 0.6) is 0 Å². The van der Waals surface area contributed by atoms with Crippen molar-refractivity contribution in [3.05, 3.63) is 20.8 Å². The van der Waals surface area contributed by atoms with E-state index in [1.807, 2.05) is 0 Å². The highest BCUT2D eigenvalue weighted by Crippen LogP contribution is 2.41. The molecule has 1 unspecified atom stereocenters. The van der Waals surface area contributed by atoms with Gasteiger partial charge >= 0.3 is 6.18 Å². The van der Waals surface area contributed by atoms with Crippen LogP contribution < -0.4 is 5.32 Å². The molecule has 0 aliphatic heterocycles. The normalized spacial score (nSPS) is 25.0. The summed E-state index contributed by atoms with van der Waals surface area (Å²) in [5, 5.41) is 5.53. The third-order valence-electron chi connectivity index (χ3n) is 4.31. The average Bonchev–Trinajstić information content (AvgIpc) is 2.83. The lowest BCUT2D eigenvalue weighted by atomic mass is 9.77. The molecule has 1 saturated carbocycles. The largest absolute Gasteiger partial charge is 0.391 e. The van der Waals surface area contributed by atoms with Crippen LogP contribution in [-0.2, 0) is 6.42 Å². The SMILES string of the molecule is CCNC(Cc1cc(Br)cs1)C1CCC(C(F)(F)F)CC1. The third-order valence-corrected chi connectivity index (χ3v) is 6.03. The van der Waals surface area contributed by atoms with E-state index in [0.29, 0.717) is 18.8 Å². The molecule has 1 N–H and O–H groups in total. The molecule has 1 atom stereocenters. The smallest absolute Gasteiger partial charge is 0.314 e. The highest BCUT2D eigenvalue weighted by Gasteiger charge is 2.42. The lowest BCUT2D eigenvalue weighted by Gasteiger charge is -2.35. The van der Waals surface area contributed by atoms with E-state index in [0.717, 1.165) is 17.4 Å². The number of hydrogen-bond donors (Lipinski definition) is 1. The number of nitrogens with one attached hydrogen (secondary N) is 1. The second-order valence-corrected chi connectivity index (χ2v) is 7.66. The molecule has 1 heterocycles. The third kappa shape index (κ3) is 4.96. The van der Waals surface area contributed by atoms with E-state index in [9.17, 15) is 13.2 Å². The Kier molecular flexibility index (Phi) is 6.15. The van der Waals surface area contributed by atoms with Crippen LogP contribution in [0.3, 0.4) is 0 Å². The summed E-state index contributed by atoms with van der Waals surface area (Å²) in [5.74, 6) is -0.740. The van der Waals surface area contributed by atoms with Crippen LogP contribution in [0.15, 0.2) is 15.9 Å². The number of thiophene rings is 1. The topological polar surface area (TPSA) is 12.0 Å². The van der Waals surface area contributed by atoms with Gasteiger partial charge in [0.1, 0.15) is 0 Å². The van der Waals surface area contributed by atoms with Crippen LogP contribution in [0.1, 0.15) is 37.5 Å². The van der Waals surface area contributed by atoms with Gasteiger partial charge in [0, 0.05) is 20.8 Å². The molecule has 120 valence electrons. The molecule has 6 heteroatoms. The average molecular weight is 384 g/mol. The molecule has 1 aromatic rings. The van der Waals surface area contributed by atoms with Crippen molar-refractivity contribution in [1.82, 2.24) is 5.32 Å². The fourth-order valence-electron chi connectivity index (χ4n) is 3.19. The minimum Gasteiger partial charge on any atom is -0.314 e. The van der Waals surface area contributed by atoms with Crippen molar-refractivity contribution < 1.29 is 13.2 Å². The summed E-state index contributed by atoms with van der Waals surface area (Å²) in [4.78, 5) is 1.28. The zero-order valence-corrected chi connectivity index (χ0v) is 14.5. The van der Waals surface area contributed by atoms with Crippen LogP contribution in [-0.4, -0.2) is 18.8 Å². The first-order chi connectivity index (χ1) is 9.90. The standard InChI is InChI=1S/C15H21BrF3NS/c1-2-20-14(8-13-7-12(16)9-21-13)10-3-5-11(6-4-10)15(17,18)19/h7,9-11,14,20H,2-6,8H2,1H3. The van der Waals surface area contributed by atoms with Gasteiger partial charge in [0.15, 0.2) is 0 Å². The fourth-order valence-corrected chi connectivity index (χ4v) is 4.71.